The number of aliphatic hydroxyl groups is 1. The molecule has 23 heavy (non-hydrogen) atoms. The minimum atomic E-state index is -0.623. The Morgan fingerprint density at radius 2 is 1.52 bits per heavy atom. The Bertz CT molecular complexity index is 582. The van der Waals surface area contributed by atoms with Crippen molar-refractivity contribution in [1.29, 1.82) is 0 Å². The van der Waals surface area contributed by atoms with Gasteiger partial charge < -0.3 is 5.11 Å². The first-order valence-corrected chi connectivity index (χ1v) is 8.12. The fourth-order valence-corrected chi connectivity index (χ4v) is 3.73. The lowest BCUT2D eigenvalue weighted by Gasteiger charge is -2.40. The van der Waals surface area contributed by atoms with Crippen LogP contribution in [0.3, 0.4) is 0 Å². The van der Waals surface area contributed by atoms with Crippen molar-refractivity contribution < 1.29 is 5.11 Å². The van der Waals surface area contributed by atoms with Crippen molar-refractivity contribution in [3.05, 3.63) is 60.2 Å². The van der Waals surface area contributed by atoms with Gasteiger partial charge in [0.05, 0.1) is 5.60 Å². The molecule has 0 radical (unpaired) electrons. The van der Waals surface area contributed by atoms with Crippen molar-refractivity contribution in [2.24, 2.45) is 5.92 Å². The first-order valence-electron chi connectivity index (χ1n) is 8.12. The number of benzene rings is 2. The second-order valence-electron chi connectivity index (χ2n) is 6.22. The third-order valence-electron chi connectivity index (χ3n) is 5.02. The van der Waals surface area contributed by atoms with Gasteiger partial charge in [0.1, 0.15) is 0 Å². The molecule has 0 aromatic heterocycles. The summed E-state index contributed by atoms with van der Waals surface area (Å²) in [5, 5.41) is 11.2. The highest BCUT2D eigenvalue weighted by molar-refractivity contribution is 5.85. The molecule has 1 aliphatic rings. The van der Waals surface area contributed by atoms with Gasteiger partial charge >= 0.3 is 0 Å². The summed E-state index contributed by atoms with van der Waals surface area (Å²) in [4.78, 5) is 0. The molecule has 2 atom stereocenters. The average Bonchev–Trinajstić information content (AvgIpc) is 2.56. The molecule has 0 spiro atoms. The second kappa shape index (κ2) is 8.73. The summed E-state index contributed by atoms with van der Waals surface area (Å²) in [5.74, 6) is 0.397. The van der Waals surface area contributed by atoms with Crippen molar-refractivity contribution in [2.45, 2.75) is 44.6 Å². The first-order chi connectivity index (χ1) is 10.2. The van der Waals surface area contributed by atoms with Crippen LogP contribution in [0.4, 0.5) is 0 Å². The van der Waals surface area contributed by atoms with Crippen LogP contribution in [-0.2, 0) is 5.60 Å². The highest BCUT2D eigenvalue weighted by Gasteiger charge is 2.39. The van der Waals surface area contributed by atoms with Crippen LogP contribution in [0.2, 0.25) is 0 Å². The van der Waals surface area contributed by atoms with Crippen LogP contribution in [0.25, 0.3) is 11.1 Å². The largest absolute Gasteiger partial charge is 0.385 e. The molecule has 1 fully saturated rings. The Morgan fingerprint density at radius 1 is 0.913 bits per heavy atom. The Balaban J connectivity index is 0.00000132. The first kappa shape index (κ1) is 20.0. The quantitative estimate of drug-likeness (QED) is 0.719. The minimum absolute atomic E-state index is 0. The predicted molar refractivity (Wildman–Crippen MR) is 103 cm³/mol. The van der Waals surface area contributed by atoms with Gasteiger partial charge in [-0.25, -0.2) is 0 Å². The molecule has 0 bridgehead atoms. The van der Waals surface area contributed by atoms with E-state index in [1.165, 1.54) is 17.5 Å². The van der Waals surface area contributed by atoms with E-state index in [4.69, 9.17) is 0 Å². The van der Waals surface area contributed by atoms with E-state index in [1.54, 1.807) is 0 Å². The van der Waals surface area contributed by atoms with Crippen molar-refractivity contribution in [3.63, 3.8) is 0 Å². The Morgan fingerprint density at radius 3 is 2.13 bits per heavy atom. The van der Waals surface area contributed by atoms with Crippen LogP contribution >= 0.6 is 24.8 Å². The molecule has 2 unspecified atom stereocenters. The summed E-state index contributed by atoms with van der Waals surface area (Å²) in [6, 6.07) is 18.9. The lowest BCUT2D eigenvalue weighted by atomic mass is 9.70. The van der Waals surface area contributed by atoms with Gasteiger partial charge in [-0.2, -0.15) is 0 Å². The fraction of sp³-hybridized carbons (Fsp3) is 0.400. The zero-order valence-electron chi connectivity index (χ0n) is 13.6. The zero-order chi connectivity index (χ0) is 14.7. The van der Waals surface area contributed by atoms with E-state index in [1.807, 2.05) is 6.07 Å². The smallest absolute Gasteiger partial charge is 0.0924 e. The molecule has 0 aliphatic heterocycles. The van der Waals surface area contributed by atoms with E-state index in [0.717, 1.165) is 31.2 Å². The molecule has 1 aliphatic carbocycles. The highest BCUT2D eigenvalue weighted by atomic mass is 35.5. The monoisotopic (exact) mass is 352 g/mol. The van der Waals surface area contributed by atoms with Gasteiger partial charge in [-0.15, -0.1) is 24.8 Å². The summed E-state index contributed by atoms with van der Waals surface area (Å²) in [6.45, 7) is 2.19. The molecule has 1 nitrogen and oxygen atoms in total. The minimum Gasteiger partial charge on any atom is -0.385 e. The summed E-state index contributed by atoms with van der Waals surface area (Å²) in [6.07, 6.45) is 5.48. The van der Waals surface area contributed by atoms with Crippen molar-refractivity contribution >= 4 is 24.8 Å². The van der Waals surface area contributed by atoms with E-state index in [-0.39, 0.29) is 24.8 Å². The molecular formula is C20H26Cl2O. The van der Waals surface area contributed by atoms with Gasteiger partial charge in [-0.3, -0.25) is 0 Å². The Hall–Kier alpha value is -1.02. The van der Waals surface area contributed by atoms with Gasteiger partial charge in [0.15, 0.2) is 0 Å². The van der Waals surface area contributed by atoms with E-state index >= 15 is 0 Å². The normalized spacial score (nSPS) is 23.5. The molecule has 2 aromatic carbocycles. The van der Waals surface area contributed by atoms with Crippen molar-refractivity contribution in [3.8, 4) is 11.1 Å². The standard InChI is InChI=1S/C20H24O.2ClH/c1-2-18-10-6-7-15-20(18,21)19-13-11-17(12-14-19)16-8-4-3-5-9-16;;/h3-5,8-9,11-14,18,21H,2,6-7,10,15H2,1H3;2*1H. The molecule has 3 rings (SSSR count). The van der Waals surface area contributed by atoms with Gasteiger partial charge in [0.25, 0.3) is 0 Å². The van der Waals surface area contributed by atoms with Crippen LogP contribution in [0.5, 0.6) is 0 Å². The SMILES string of the molecule is CCC1CCCCC1(O)c1ccc(-c2ccccc2)cc1.Cl.Cl. The van der Waals surface area contributed by atoms with Gasteiger partial charge in [0.2, 0.25) is 0 Å². The molecule has 2 aromatic rings. The van der Waals surface area contributed by atoms with E-state index in [0.29, 0.717) is 5.92 Å². The van der Waals surface area contributed by atoms with Crippen LogP contribution in [0.1, 0.15) is 44.6 Å². The van der Waals surface area contributed by atoms with Crippen LogP contribution < -0.4 is 0 Å². The number of hydrogen-bond donors (Lipinski definition) is 1. The zero-order valence-corrected chi connectivity index (χ0v) is 15.2. The summed E-state index contributed by atoms with van der Waals surface area (Å²) >= 11 is 0. The summed E-state index contributed by atoms with van der Waals surface area (Å²) < 4.78 is 0. The van der Waals surface area contributed by atoms with Crippen molar-refractivity contribution in [2.75, 3.05) is 0 Å². The fourth-order valence-electron chi connectivity index (χ4n) is 3.73. The van der Waals surface area contributed by atoms with Gasteiger partial charge in [-0.05, 0) is 35.4 Å². The molecule has 1 saturated carbocycles. The number of rotatable bonds is 3. The lowest BCUT2D eigenvalue weighted by Crippen LogP contribution is -2.37. The third-order valence-corrected chi connectivity index (χ3v) is 5.02. The predicted octanol–water partition coefficient (Wildman–Crippen LogP) is 5.99. The Labute approximate surface area is 152 Å². The average molecular weight is 353 g/mol. The topological polar surface area (TPSA) is 20.2 Å². The maximum atomic E-state index is 11.2. The van der Waals surface area contributed by atoms with Crippen LogP contribution in [-0.4, -0.2) is 5.11 Å². The number of hydrogen-bond acceptors (Lipinski definition) is 1. The molecular weight excluding hydrogens is 327 g/mol. The van der Waals surface area contributed by atoms with Gasteiger partial charge in [0, 0.05) is 0 Å². The lowest BCUT2D eigenvalue weighted by molar-refractivity contribution is -0.0557. The summed E-state index contributed by atoms with van der Waals surface area (Å²) in [5.41, 5.74) is 2.91. The van der Waals surface area contributed by atoms with Gasteiger partial charge in [-0.1, -0.05) is 80.8 Å². The number of halogens is 2. The van der Waals surface area contributed by atoms with Crippen LogP contribution in [0.15, 0.2) is 54.6 Å². The van der Waals surface area contributed by atoms with E-state index < -0.39 is 5.60 Å². The molecule has 126 valence electrons. The van der Waals surface area contributed by atoms with Crippen LogP contribution in [0, 0.1) is 5.92 Å². The Kier molecular flexibility index (Phi) is 7.60. The highest BCUT2D eigenvalue weighted by Crippen LogP contribution is 2.43. The summed E-state index contributed by atoms with van der Waals surface area (Å²) in [7, 11) is 0. The van der Waals surface area contributed by atoms with E-state index in [9.17, 15) is 5.11 Å². The maximum Gasteiger partial charge on any atom is 0.0924 e. The molecule has 0 amide bonds. The molecule has 1 N–H and O–H groups in total. The van der Waals surface area contributed by atoms with Crippen molar-refractivity contribution in [1.82, 2.24) is 0 Å². The molecule has 0 saturated heterocycles. The second-order valence-corrected chi connectivity index (χ2v) is 6.22. The van der Waals surface area contributed by atoms with E-state index in [2.05, 4.69) is 55.5 Å². The third kappa shape index (κ3) is 4.09. The maximum absolute atomic E-state index is 11.2. The molecule has 3 heteroatoms. The molecule has 0 heterocycles.